The average molecular weight is 446 g/mol. The zero-order valence-corrected chi connectivity index (χ0v) is 19.8. The highest BCUT2D eigenvalue weighted by atomic mass is 16.3. The van der Waals surface area contributed by atoms with E-state index in [1.165, 1.54) is 0 Å². The number of aliphatic hydroxyl groups is 1. The molecule has 2 fully saturated rings. The molecule has 0 saturated carbocycles. The van der Waals surface area contributed by atoms with Crippen LogP contribution in [0.4, 0.5) is 5.69 Å². The van der Waals surface area contributed by atoms with Crippen molar-refractivity contribution in [3.05, 3.63) is 29.3 Å². The Morgan fingerprint density at radius 3 is 2.06 bits per heavy atom. The van der Waals surface area contributed by atoms with E-state index < -0.39 is 0 Å². The summed E-state index contributed by atoms with van der Waals surface area (Å²) in [6.07, 6.45) is 0.947. The molecule has 0 aliphatic carbocycles. The van der Waals surface area contributed by atoms with Crippen LogP contribution in [0.25, 0.3) is 0 Å². The molecule has 1 atom stereocenters. The SMILES string of the molecule is CC[C@@H](CO)N1CCN(CC(=O)N2CCN(CC(=O)Nc3c(C)cccc3C)CC2)CC1. The molecule has 8 heteroatoms. The molecule has 1 aromatic carbocycles. The van der Waals surface area contributed by atoms with Crippen LogP contribution in [0.1, 0.15) is 24.5 Å². The first-order chi connectivity index (χ1) is 15.4. The molecular weight excluding hydrogens is 406 g/mol. The van der Waals surface area contributed by atoms with Crippen molar-refractivity contribution in [3.8, 4) is 0 Å². The Hall–Kier alpha value is -2.00. The van der Waals surface area contributed by atoms with Crippen molar-refractivity contribution in [2.45, 2.75) is 33.2 Å². The Balaban J connectivity index is 1.38. The molecule has 2 heterocycles. The lowest BCUT2D eigenvalue weighted by Crippen LogP contribution is -2.55. The second-order valence-corrected chi connectivity index (χ2v) is 9.03. The minimum absolute atomic E-state index is 0.00619. The molecule has 0 aromatic heterocycles. The molecule has 2 N–H and O–H groups in total. The van der Waals surface area contributed by atoms with Gasteiger partial charge in [-0.2, -0.15) is 0 Å². The van der Waals surface area contributed by atoms with E-state index in [2.05, 4.69) is 26.9 Å². The van der Waals surface area contributed by atoms with Crippen molar-refractivity contribution < 1.29 is 14.7 Å². The first-order valence-electron chi connectivity index (χ1n) is 11.8. The number of aryl methyl sites for hydroxylation is 2. The minimum Gasteiger partial charge on any atom is -0.395 e. The van der Waals surface area contributed by atoms with Gasteiger partial charge >= 0.3 is 0 Å². The van der Waals surface area contributed by atoms with Gasteiger partial charge in [-0.1, -0.05) is 25.1 Å². The fourth-order valence-electron chi connectivity index (χ4n) is 4.63. The number of rotatable bonds is 8. The van der Waals surface area contributed by atoms with Crippen LogP contribution in [0.3, 0.4) is 0 Å². The minimum atomic E-state index is -0.00619. The lowest BCUT2D eigenvalue weighted by atomic mass is 10.1. The number of carbonyl (C=O) groups excluding carboxylic acids is 2. The van der Waals surface area contributed by atoms with E-state index in [1.807, 2.05) is 36.9 Å². The Labute approximate surface area is 192 Å². The number of anilines is 1. The Bertz CT molecular complexity index is 747. The topological polar surface area (TPSA) is 79.4 Å². The van der Waals surface area contributed by atoms with Gasteiger partial charge in [-0.15, -0.1) is 0 Å². The van der Waals surface area contributed by atoms with E-state index in [1.54, 1.807) is 0 Å². The van der Waals surface area contributed by atoms with Gasteiger partial charge in [0.05, 0.1) is 19.7 Å². The van der Waals surface area contributed by atoms with E-state index in [0.717, 1.165) is 49.4 Å². The van der Waals surface area contributed by atoms with Crippen molar-refractivity contribution in [2.24, 2.45) is 0 Å². The van der Waals surface area contributed by atoms with E-state index in [4.69, 9.17) is 0 Å². The molecule has 2 amide bonds. The number of carbonyl (C=O) groups is 2. The zero-order chi connectivity index (χ0) is 23.1. The van der Waals surface area contributed by atoms with Gasteiger partial charge in [-0.3, -0.25) is 24.3 Å². The molecule has 1 aromatic rings. The molecule has 2 aliphatic heterocycles. The fourth-order valence-corrected chi connectivity index (χ4v) is 4.63. The van der Waals surface area contributed by atoms with Crippen molar-refractivity contribution in [1.82, 2.24) is 19.6 Å². The maximum absolute atomic E-state index is 12.8. The maximum Gasteiger partial charge on any atom is 0.238 e. The van der Waals surface area contributed by atoms with Gasteiger partial charge in [0.2, 0.25) is 11.8 Å². The molecule has 2 saturated heterocycles. The monoisotopic (exact) mass is 445 g/mol. The summed E-state index contributed by atoms with van der Waals surface area (Å²) in [4.78, 5) is 33.9. The number of amides is 2. The highest BCUT2D eigenvalue weighted by Crippen LogP contribution is 2.19. The van der Waals surface area contributed by atoms with Crippen LogP contribution in [0, 0.1) is 13.8 Å². The summed E-state index contributed by atoms with van der Waals surface area (Å²) in [7, 11) is 0. The largest absolute Gasteiger partial charge is 0.395 e. The lowest BCUT2D eigenvalue weighted by molar-refractivity contribution is -0.134. The molecule has 3 rings (SSSR count). The Morgan fingerprint density at radius 1 is 0.938 bits per heavy atom. The number of nitrogens with one attached hydrogen (secondary N) is 1. The fraction of sp³-hybridized carbons (Fsp3) is 0.667. The van der Waals surface area contributed by atoms with Gasteiger partial charge in [-0.05, 0) is 31.4 Å². The number of para-hydroxylation sites is 1. The van der Waals surface area contributed by atoms with Gasteiger partial charge in [0.1, 0.15) is 0 Å². The van der Waals surface area contributed by atoms with Crippen molar-refractivity contribution in [2.75, 3.05) is 77.4 Å². The van der Waals surface area contributed by atoms with Gasteiger partial charge in [0.25, 0.3) is 0 Å². The average Bonchev–Trinajstić information content (AvgIpc) is 2.79. The van der Waals surface area contributed by atoms with Crippen LogP contribution in [0.5, 0.6) is 0 Å². The van der Waals surface area contributed by atoms with Crippen LogP contribution >= 0.6 is 0 Å². The van der Waals surface area contributed by atoms with Crippen LogP contribution in [-0.4, -0.2) is 115 Å². The van der Waals surface area contributed by atoms with Crippen LogP contribution in [-0.2, 0) is 9.59 Å². The lowest BCUT2D eigenvalue weighted by Gasteiger charge is -2.39. The molecule has 32 heavy (non-hydrogen) atoms. The number of hydrogen-bond donors (Lipinski definition) is 2. The Morgan fingerprint density at radius 2 is 1.50 bits per heavy atom. The summed E-state index contributed by atoms with van der Waals surface area (Å²) in [6.45, 7) is 13.4. The van der Waals surface area contributed by atoms with Crippen LogP contribution in [0.15, 0.2) is 18.2 Å². The maximum atomic E-state index is 12.8. The third kappa shape index (κ3) is 6.51. The van der Waals surface area contributed by atoms with Gasteiger partial charge in [-0.25, -0.2) is 0 Å². The number of nitrogens with zero attached hydrogens (tertiary/aromatic N) is 4. The first kappa shape index (κ1) is 24.6. The molecule has 0 unspecified atom stereocenters. The highest BCUT2D eigenvalue weighted by molar-refractivity contribution is 5.93. The normalized spacial score (nSPS) is 19.7. The summed E-state index contributed by atoms with van der Waals surface area (Å²) in [6, 6.07) is 6.23. The van der Waals surface area contributed by atoms with E-state index >= 15 is 0 Å². The van der Waals surface area contributed by atoms with E-state index in [-0.39, 0.29) is 24.5 Å². The summed E-state index contributed by atoms with van der Waals surface area (Å²) >= 11 is 0. The first-order valence-corrected chi connectivity index (χ1v) is 11.8. The molecular formula is C24H39N5O3. The smallest absolute Gasteiger partial charge is 0.238 e. The second kappa shape index (κ2) is 11.7. The van der Waals surface area contributed by atoms with Gasteiger partial charge < -0.3 is 15.3 Å². The molecule has 0 spiro atoms. The predicted molar refractivity (Wildman–Crippen MR) is 127 cm³/mol. The van der Waals surface area contributed by atoms with Gasteiger partial charge in [0, 0.05) is 64.1 Å². The van der Waals surface area contributed by atoms with Crippen molar-refractivity contribution in [1.29, 1.82) is 0 Å². The number of hydrogen-bond acceptors (Lipinski definition) is 6. The summed E-state index contributed by atoms with van der Waals surface area (Å²) < 4.78 is 0. The quantitative estimate of drug-likeness (QED) is 0.616. The molecule has 8 nitrogen and oxygen atoms in total. The van der Waals surface area contributed by atoms with Crippen LogP contribution < -0.4 is 5.32 Å². The van der Waals surface area contributed by atoms with Gasteiger partial charge in [0.15, 0.2) is 0 Å². The van der Waals surface area contributed by atoms with Crippen molar-refractivity contribution >= 4 is 17.5 Å². The standard InChI is InChI=1S/C24H39N5O3/c1-4-21(18-30)28-12-8-27(9-13-28)17-23(32)29-14-10-26(11-15-29)16-22(31)25-24-19(2)6-5-7-20(24)3/h5-7,21,30H,4,8-18H2,1-3H3,(H,25,31)/t21-/m0/s1. The zero-order valence-electron chi connectivity index (χ0n) is 19.8. The molecule has 2 aliphatic rings. The Kier molecular flexibility index (Phi) is 9.04. The summed E-state index contributed by atoms with van der Waals surface area (Å²) in [5.41, 5.74) is 3.03. The number of aliphatic hydroxyl groups excluding tert-OH is 1. The number of benzene rings is 1. The summed E-state index contributed by atoms with van der Waals surface area (Å²) in [5.74, 6) is 0.167. The molecule has 0 bridgehead atoms. The third-order valence-corrected chi connectivity index (χ3v) is 6.80. The van der Waals surface area contributed by atoms with E-state index in [9.17, 15) is 14.7 Å². The summed E-state index contributed by atoms with van der Waals surface area (Å²) in [5, 5.41) is 12.5. The van der Waals surface area contributed by atoms with Crippen molar-refractivity contribution in [3.63, 3.8) is 0 Å². The van der Waals surface area contributed by atoms with Crippen LogP contribution in [0.2, 0.25) is 0 Å². The molecule has 0 radical (unpaired) electrons. The predicted octanol–water partition coefficient (Wildman–Crippen LogP) is 0.775. The highest BCUT2D eigenvalue weighted by Gasteiger charge is 2.27. The van der Waals surface area contributed by atoms with E-state index in [0.29, 0.717) is 39.3 Å². The molecule has 178 valence electrons. The number of piperazine rings is 2. The second-order valence-electron chi connectivity index (χ2n) is 9.03. The third-order valence-electron chi connectivity index (χ3n) is 6.80.